The summed E-state index contributed by atoms with van der Waals surface area (Å²) in [6.45, 7) is 3.64. The van der Waals surface area contributed by atoms with Crippen LogP contribution in [0.15, 0.2) is 42.5 Å². The normalized spacial score (nSPS) is 16.6. The first-order valence-electron chi connectivity index (χ1n) is 9.35. The average molecular weight is 418 g/mol. The Balaban J connectivity index is 1.65. The molecule has 1 amide bonds. The van der Waals surface area contributed by atoms with Gasteiger partial charge in [0.1, 0.15) is 10.7 Å². The molecule has 3 nitrogen and oxygen atoms in total. The minimum atomic E-state index is -0.288. The lowest BCUT2D eigenvalue weighted by atomic mass is 10.1. The quantitative estimate of drug-likeness (QED) is 0.523. The van der Waals surface area contributed by atoms with Crippen molar-refractivity contribution < 1.29 is 13.9 Å². The van der Waals surface area contributed by atoms with E-state index in [4.69, 9.17) is 16.3 Å². The van der Waals surface area contributed by atoms with Crippen LogP contribution in [-0.2, 0) is 11.3 Å². The molecule has 1 aliphatic heterocycles. The number of ether oxygens (including phenoxy) is 1. The lowest BCUT2D eigenvalue weighted by Crippen LogP contribution is -2.36. The molecule has 1 aliphatic rings. The summed E-state index contributed by atoms with van der Waals surface area (Å²) < 4.78 is 20.0. The zero-order chi connectivity index (χ0) is 19.7. The summed E-state index contributed by atoms with van der Waals surface area (Å²) in [5.41, 5.74) is 2.01. The molecule has 0 spiro atoms. The predicted octanol–water partition coefficient (Wildman–Crippen LogP) is 5.82. The number of amides is 1. The van der Waals surface area contributed by atoms with Gasteiger partial charge in [-0.25, -0.2) is 4.39 Å². The third kappa shape index (κ3) is 4.07. The van der Waals surface area contributed by atoms with Crippen LogP contribution in [0, 0.1) is 12.7 Å². The van der Waals surface area contributed by atoms with Crippen molar-refractivity contribution in [1.82, 2.24) is 4.90 Å². The molecular formula is C22H21ClFNO2S. The van der Waals surface area contributed by atoms with Crippen LogP contribution in [0.1, 0.15) is 33.6 Å². The number of benzene rings is 2. The van der Waals surface area contributed by atoms with E-state index in [0.717, 1.165) is 40.7 Å². The second-order valence-corrected chi connectivity index (χ2v) is 8.62. The maximum Gasteiger partial charge on any atom is 0.265 e. The molecule has 146 valence electrons. The van der Waals surface area contributed by atoms with Gasteiger partial charge in [0.25, 0.3) is 5.91 Å². The van der Waals surface area contributed by atoms with Crippen molar-refractivity contribution in [1.29, 1.82) is 0 Å². The van der Waals surface area contributed by atoms with E-state index in [1.165, 1.54) is 23.5 Å². The van der Waals surface area contributed by atoms with E-state index in [0.29, 0.717) is 23.0 Å². The molecule has 0 radical (unpaired) electrons. The van der Waals surface area contributed by atoms with Gasteiger partial charge < -0.3 is 9.64 Å². The van der Waals surface area contributed by atoms with Gasteiger partial charge in [-0.15, -0.1) is 11.3 Å². The second-order valence-electron chi connectivity index (χ2n) is 7.19. The van der Waals surface area contributed by atoms with E-state index in [2.05, 4.69) is 0 Å². The second kappa shape index (κ2) is 8.19. The van der Waals surface area contributed by atoms with Gasteiger partial charge in [-0.3, -0.25) is 4.79 Å². The zero-order valence-electron chi connectivity index (χ0n) is 15.6. The Morgan fingerprint density at radius 2 is 2.07 bits per heavy atom. The number of nitrogens with zero attached hydrogens (tertiary/aromatic N) is 1. The molecule has 0 bridgehead atoms. The molecule has 4 rings (SSSR count). The van der Waals surface area contributed by atoms with Crippen molar-refractivity contribution in [2.45, 2.75) is 32.4 Å². The number of carbonyl (C=O) groups is 1. The first kappa shape index (κ1) is 19.4. The molecule has 1 fully saturated rings. The Hall–Kier alpha value is -1.95. The molecular weight excluding hydrogens is 397 g/mol. The summed E-state index contributed by atoms with van der Waals surface area (Å²) in [7, 11) is 0. The molecule has 2 aromatic carbocycles. The number of halogens is 2. The molecule has 6 heteroatoms. The molecule has 0 saturated carbocycles. The number of fused-ring (bicyclic) bond motifs is 1. The van der Waals surface area contributed by atoms with Crippen LogP contribution < -0.4 is 0 Å². The van der Waals surface area contributed by atoms with Crippen LogP contribution in [0.25, 0.3) is 10.1 Å². The van der Waals surface area contributed by atoms with Crippen LogP contribution in [0.2, 0.25) is 5.02 Å². The maximum atomic E-state index is 13.4. The number of hydrogen-bond acceptors (Lipinski definition) is 3. The molecule has 1 atom stereocenters. The van der Waals surface area contributed by atoms with Gasteiger partial charge in [-0.1, -0.05) is 35.9 Å². The molecule has 2 heterocycles. The fourth-order valence-corrected chi connectivity index (χ4v) is 5.10. The standard InChI is InChI=1S/C22H21ClFNO2S/c1-14-4-9-18-19(11-14)28-21(20(18)23)22(26)25(13-17-3-2-10-27-17)12-15-5-7-16(24)8-6-15/h4-9,11,17H,2-3,10,12-13H2,1H3. The summed E-state index contributed by atoms with van der Waals surface area (Å²) in [5, 5.41) is 1.40. The lowest BCUT2D eigenvalue weighted by Gasteiger charge is -2.25. The zero-order valence-corrected chi connectivity index (χ0v) is 17.2. The Morgan fingerprint density at radius 1 is 1.29 bits per heavy atom. The van der Waals surface area contributed by atoms with Crippen molar-refractivity contribution in [2.24, 2.45) is 0 Å². The highest BCUT2D eigenvalue weighted by molar-refractivity contribution is 7.21. The summed E-state index contributed by atoms with van der Waals surface area (Å²) in [6, 6.07) is 12.3. The summed E-state index contributed by atoms with van der Waals surface area (Å²) in [4.78, 5) is 15.7. The van der Waals surface area contributed by atoms with Crippen LogP contribution in [0.3, 0.4) is 0 Å². The van der Waals surface area contributed by atoms with E-state index < -0.39 is 0 Å². The third-order valence-corrected chi connectivity index (χ3v) is 6.65. The predicted molar refractivity (Wildman–Crippen MR) is 112 cm³/mol. The van der Waals surface area contributed by atoms with Crippen molar-refractivity contribution in [3.8, 4) is 0 Å². The Morgan fingerprint density at radius 3 is 2.79 bits per heavy atom. The van der Waals surface area contributed by atoms with Crippen LogP contribution in [0.5, 0.6) is 0 Å². The van der Waals surface area contributed by atoms with Gasteiger partial charge in [-0.2, -0.15) is 0 Å². The molecule has 0 aliphatic carbocycles. The molecule has 3 aromatic rings. The first-order chi connectivity index (χ1) is 13.5. The smallest absolute Gasteiger partial charge is 0.265 e. The van der Waals surface area contributed by atoms with Crippen LogP contribution >= 0.6 is 22.9 Å². The lowest BCUT2D eigenvalue weighted by molar-refractivity contribution is 0.0511. The fraction of sp³-hybridized carbons (Fsp3) is 0.318. The number of carbonyl (C=O) groups excluding carboxylic acids is 1. The minimum absolute atomic E-state index is 0.0276. The minimum Gasteiger partial charge on any atom is -0.376 e. The Bertz CT molecular complexity index is 996. The van der Waals surface area contributed by atoms with E-state index in [9.17, 15) is 9.18 Å². The number of aryl methyl sites for hydroxylation is 1. The van der Waals surface area contributed by atoms with E-state index in [1.807, 2.05) is 25.1 Å². The third-order valence-electron chi connectivity index (χ3n) is 5.00. The van der Waals surface area contributed by atoms with Crippen molar-refractivity contribution in [3.63, 3.8) is 0 Å². The van der Waals surface area contributed by atoms with Crippen molar-refractivity contribution in [3.05, 3.63) is 69.3 Å². The van der Waals surface area contributed by atoms with E-state index >= 15 is 0 Å². The van der Waals surface area contributed by atoms with Gasteiger partial charge in [-0.05, 0) is 49.1 Å². The first-order valence-corrected chi connectivity index (χ1v) is 10.5. The topological polar surface area (TPSA) is 29.5 Å². The largest absolute Gasteiger partial charge is 0.376 e. The monoisotopic (exact) mass is 417 g/mol. The summed E-state index contributed by atoms with van der Waals surface area (Å²) >= 11 is 7.99. The summed E-state index contributed by atoms with van der Waals surface area (Å²) in [5.74, 6) is -0.396. The molecule has 28 heavy (non-hydrogen) atoms. The van der Waals surface area contributed by atoms with Gasteiger partial charge in [0.05, 0.1) is 11.1 Å². The number of thiophene rings is 1. The van der Waals surface area contributed by atoms with Crippen molar-refractivity contribution >= 4 is 38.9 Å². The maximum absolute atomic E-state index is 13.4. The number of rotatable bonds is 5. The van der Waals surface area contributed by atoms with Gasteiger partial charge in [0.15, 0.2) is 0 Å². The molecule has 1 saturated heterocycles. The molecule has 0 N–H and O–H groups in total. The highest BCUT2D eigenvalue weighted by Crippen LogP contribution is 2.37. The van der Waals surface area contributed by atoms with E-state index in [1.54, 1.807) is 17.0 Å². The van der Waals surface area contributed by atoms with Gasteiger partial charge in [0.2, 0.25) is 0 Å². The van der Waals surface area contributed by atoms with Crippen molar-refractivity contribution in [2.75, 3.05) is 13.2 Å². The fourth-order valence-electron chi connectivity index (χ4n) is 3.52. The highest BCUT2D eigenvalue weighted by Gasteiger charge is 2.27. The highest BCUT2D eigenvalue weighted by atomic mass is 35.5. The Labute approximate surface area is 172 Å². The number of hydrogen-bond donors (Lipinski definition) is 0. The van der Waals surface area contributed by atoms with Crippen LogP contribution in [-0.4, -0.2) is 30.1 Å². The molecule has 1 unspecified atom stereocenters. The van der Waals surface area contributed by atoms with Gasteiger partial charge in [0, 0.05) is 29.8 Å². The van der Waals surface area contributed by atoms with Gasteiger partial charge >= 0.3 is 0 Å². The SMILES string of the molecule is Cc1ccc2c(Cl)c(C(=O)N(Cc3ccc(F)cc3)CC3CCCO3)sc2c1. The Kier molecular flexibility index (Phi) is 5.67. The van der Waals surface area contributed by atoms with E-state index in [-0.39, 0.29) is 17.8 Å². The average Bonchev–Trinajstić information content (AvgIpc) is 3.30. The van der Waals surface area contributed by atoms with Crippen LogP contribution in [0.4, 0.5) is 4.39 Å². The summed E-state index contributed by atoms with van der Waals surface area (Å²) in [6.07, 6.45) is 1.97. The molecule has 1 aromatic heterocycles.